The fourth-order valence-electron chi connectivity index (χ4n) is 9.58. The first-order valence-electron chi connectivity index (χ1n) is 33.4. The lowest BCUT2D eigenvalue weighted by atomic mass is 10.0. The van der Waals surface area contributed by atoms with Crippen LogP contribution in [-0.2, 0) is 85.6 Å². The van der Waals surface area contributed by atoms with E-state index in [0.29, 0.717) is 70.9 Å². The second-order valence-electron chi connectivity index (χ2n) is 24.0. The standard InChI is InChI=1S/2C17H20N2O2.C14H22N2O2.C11H16N2O.2C10H15NS/c18-17(11-15-7-3-1-4-8-15)12-19(14-20)21-13-16-9-5-2-6-10-16;18-16(11-14-7-3-1-4-8-14)12-17(20)19-21-13-15-9-5-2-6-10-15;1-12(2)8-14(15)9-16(11-17)18-10-13-6-4-3-5-7-13;1-13-11(14)8-10(12)7-9-5-3-2-4-6-9;2*11-10(6-7-12)8-9-4-2-1-3-5-9/h1-10,14,17H,11-13,18H2;1-10,16H,11-13,18H2,(H,19,20);3-7,11-12,14H,8-10,15H2,1-2H3;2-6,10H,7-8,12H2,1H3,(H,13,14);2*1-5,10,12H,6-8,11H2. The zero-order chi connectivity index (χ0) is 71.2. The summed E-state index contributed by atoms with van der Waals surface area (Å²) in [5.74, 6) is 2.05. The predicted octanol–water partition coefficient (Wildman–Crippen LogP) is 10.7. The van der Waals surface area contributed by atoms with Gasteiger partial charge in [0.2, 0.25) is 24.6 Å². The van der Waals surface area contributed by atoms with Crippen LogP contribution in [0, 0.1) is 5.92 Å². The molecule has 0 spiro atoms. The summed E-state index contributed by atoms with van der Waals surface area (Å²) in [5.41, 5.74) is 47.1. The van der Waals surface area contributed by atoms with Crippen LogP contribution in [0.4, 0.5) is 0 Å². The Balaban J connectivity index is 0.000000311. The van der Waals surface area contributed by atoms with Crippen molar-refractivity contribution in [1.29, 1.82) is 0 Å². The second-order valence-corrected chi connectivity index (χ2v) is 24.9. The highest BCUT2D eigenvalue weighted by Gasteiger charge is 2.14. The van der Waals surface area contributed by atoms with Crippen molar-refractivity contribution in [3.8, 4) is 0 Å². The molecule has 8 aromatic carbocycles. The minimum Gasteiger partial charge on any atom is -0.359 e. The summed E-state index contributed by atoms with van der Waals surface area (Å²) in [6.45, 7) is 6.09. The first-order chi connectivity index (χ1) is 47.5. The summed E-state index contributed by atoms with van der Waals surface area (Å²) in [6.07, 6.45) is 8.87. The number of hydrogen-bond acceptors (Lipinski definition) is 15. The van der Waals surface area contributed by atoms with Gasteiger partial charge >= 0.3 is 0 Å². The zero-order valence-electron chi connectivity index (χ0n) is 57.4. The van der Waals surface area contributed by atoms with E-state index in [9.17, 15) is 19.2 Å². The molecule has 0 aliphatic heterocycles. The number of hydrogen-bond donors (Lipinski definition) is 10. The molecule has 8 aromatic rings. The maximum Gasteiger partial charge on any atom is 0.245 e. The van der Waals surface area contributed by atoms with Gasteiger partial charge < -0.3 is 39.7 Å². The van der Waals surface area contributed by atoms with Crippen molar-refractivity contribution in [2.75, 3.05) is 31.6 Å². The van der Waals surface area contributed by atoms with Gasteiger partial charge in [0.05, 0.1) is 19.7 Å². The Bertz CT molecular complexity index is 3170. The molecule has 6 unspecified atom stereocenters. The molecule has 528 valence electrons. The number of benzene rings is 8. The van der Waals surface area contributed by atoms with Crippen molar-refractivity contribution in [1.82, 2.24) is 20.9 Å². The largest absolute Gasteiger partial charge is 0.359 e. The molecule has 98 heavy (non-hydrogen) atoms. The summed E-state index contributed by atoms with van der Waals surface area (Å²) in [4.78, 5) is 60.8. The van der Waals surface area contributed by atoms with E-state index in [2.05, 4.69) is 74.2 Å². The molecule has 0 saturated carbocycles. The van der Waals surface area contributed by atoms with Gasteiger partial charge in [-0.1, -0.05) is 257 Å². The number of amides is 4. The average molecular weight is 1370 g/mol. The van der Waals surface area contributed by atoms with E-state index in [-0.39, 0.29) is 54.5 Å². The molecule has 14 N–H and O–H groups in total. The number of nitrogens with two attached hydrogens (primary N) is 6. The van der Waals surface area contributed by atoms with Gasteiger partial charge in [-0.2, -0.15) is 25.3 Å². The molecule has 19 heteroatoms. The molecular weight excluding hydrogens is 1270 g/mol. The van der Waals surface area contributed by atoms with Crippen LogP contribution in [0.15, 0.2) is 243 Å². The number of carbonyl (C=O) groups excluding carboxylic acids is 4. The minimum atomic E-state index is -0.215. The molecule has 4 amide bonds. The van der Waals surface area contributed by atoms with Crippen LogP contribution in [0.25, 0.3) is 0 Å². The molecule has 0 saturated heterocycles. The first-order valence-corrected chi connectivity index (χ1v) is 34.6. The van der Waals surface area contributed by atoms with Crippen LogP contribution in [0.5, 0.6) is 0 Å². The molecule has 6 atom stereocenters. The number of rotatable bonds is 35. The highest BCUT2D eigenvalue weighted by molar-refractivity contribution is 7.80. The average Bonchev–Trinajstić information content (AvgIpc) is 3.51. The lowest BCUT2D eigenvalue weighted by Gasteiger charge is -2.22. The van der Waals surface area contributed by atoms with Gasteiger partial charge in [0.15, 0.2) is 0 Å². The van der Waals surface area contributed by atoms with Crippen LogP contribution in [0.1, 0.15) is 90.5 Å². The van der Waals surface area contributed by atoms with Gasteiger partial charge in [-0.05, 0) is 113 Å². The number of nitrogens with one attached hydrogen (secondary N) is 2. The third-order valence-electron chi connectivity index (χ3n) is 14.5. The number of carbonyl (C=O) groups is 4. The van der Waals surface area contributed by atoms with Crippen molar-refractivity contribution in [3.05, 3.63) is 287 Å². The van der Waals surface area contributed by atoms with Gasteiger partial charge in [-0.15, -0.1) is 0 Å². The molecule has 17 nitrogen and oxygen atoms in total. The smallest absolute Gasteiger partial charge is 0.245 e. The van der Waals surface area contributed by atoms with E-state index in [1.54, 1.807) is 7.05 Å². The third-order valence-corrected chi connectivity index (χ3v) is 15.0. The zero-order valence-corrected chi connectivity index (χ0v) is 59.2. The number of nitrogens with zero attached hydrogens (tertiary/aromatic N) is 2. The number of thiol groups is 2. The topological polar surface area (TPSA) is 283 Å². The normalized spacial score (nSPS) is 12.2. The van der Waals surface area contributed by atoms with Crippen LogP contribution in [0.3, 0.4) is 0 Å². The Kier molecular flexibility index (Phi) is 46.4. The lowest BCUT2D eigenvalue weighted by molar-refractivity contribution is -0.179. The van der Waals surface area contributed by atoms with E-state index < -0.39 is 0 Å². The van der Waals surface area contributed by atoms with Crippen LogP contribution in [-0.4, -0.2) is 103 Å². The Morgan fingerprint density at radius 3 is 0.939 bits per heavy atom. The molecule has 8 rings (SSSR count). The summed E-state index contributed by atoms with van der Waals surface area (Å²) in [6, 6.07) is 79.6. The van der Waals surface area contributed by atoms with Crippen molar-refractivity contribution in [3.63, 3.8) is 0 Å². The number of hydroxylamine groups is 5. The van der Waals surface area contributed by atoms with E-state index in [0.717, 1.165) is 77.8 Å². The highest BCUT2D eigenvalue weighted by atomic mass is 32.1. The molecular formula is C79H108N10O7S2. The van der Waals surface area contributed by atoms with E-state index in [1.807, 2.05) is 218 Å². The van der Waals surface area contributed by atoms with Crippen molar-refractivity contribution in [2.45, 2.75) is 134 Å². The van der Waals surface area contributed by atoms with Crippen molar-refractivity contribution >= 4 is 49.9 Å². The summed E-state index contributed by atoms with van der Waals surface area (Å²) in [7, 11) is 1.62. The Labute approximate surface area is 594 Å². The molecule has 0 bridgehead atoms. The van der Waals surface area contributed by atoms with E-state index in [4.69, 9.17) is 48.9 Å². The van der Waals surface area contributed by atoms with Gasteiger partial charge in [-0.3, -0.25) is 33.7 Å². The SMILES string of the molecule is CC(C)CC(N)CN(C=O)OCc1ccccc1.CNC(=O)CC(N)Cc1ccccc1.NC(CC(=O)NOCc1ccccc1)Cc1ccccc1.NC(CCS)Cc1ccccc1.NC(CCS)Cc1ccccc1.NC(Cc1ccccc1)CN(C=O)OCc1ccccc1. The van der Waals surface area contributed by atoms with E-state index >= 15 is 0 Å². The molecule has 0 aromatic heterocycles. The molecule has 0 heterocycles. The molecule has 0 fully saturated rings. The fourth-order valence-corrected chi connectivity index (χ4v) is 10.2. The molecule has 0 aliphatic rings. The minimum absolute atomic E-state index is 0.00608. The van der Waals surface area contributed by atoms with Crippen molar-refractivity contribution < 1.29 is 33.7 Å². The lowest BCUT2D eigenvalue weighted by Crippen LogP contribution is -2.38. The Morgan fingerprint density at radius 2 is 0.653 bits per heavy atom. The first kappa shape index (κ1) is 84.2. The Hall–Kier alpha value is -8.02. The van der Waals surface area contributed by atoms with E-state index in [1.165, 1.54) is 26.8 Å². The van der Waals surface area contributed by atoms with Gasteiger partial charge in [0.1, 0.15) is 13.2 Å². The second kappa shape index (κ2) is 54.0. The quantitative estimate of drug-likeness (QED) is 0.0101. The molecule has 0 radical (unpaired) electrons. The predicted molar refractivity (Wildman–Crippen MR) is 406 cm³/mol. The summed E-state index contributed by atoms with van der Waals surface area (Å²) in [5, 5.41) is 5.11. The van der Waals surface area contributed by atoms with Gasteiger partial charge in [0, 0.05) is 56.1 Å². The maximum atomic E-state index is 11.7. The fraction of sp³-hybridized carbons (Fsp3) is 0.342. The highest BCUT2D eigenvalue weighted by Crippen LogP contribution is 2.11. The van der Waals surface area contributed by atoms with Crippen LogP contribution >= 0.6 is 25.3 Å². The third kappa shape index (κ3) is 43.3. The maximum absolute atomic E-state index is 11.7. The Morgan fingerprint density at radius 1 is 0.388 bits per heavy atom. The van der Waals surface area contributed by atoms with Crippen molar-refractivity contribution in [2.24, 2.45) is 40.3 Å². The summed E-state index contributed by atoms with van der Waals surface area (Å²) < 4.78 is 0. The van der Waals surface area contributed by atoms with Gasteiger partial charge in [-0.25, -0.2) is 15.6 Å². The summed E-state index contributed by atoms with van der Waals surface area (Å²) >= 11 is 8.29. The molecule has 0 aliphatic carbocycles. The monoisotopic (exact) mass is 1370 g/mol. The van der Waals surface area contributed by atoms with Crippen LogP contribution in [0.2, 0.25) is 0 Å². The van der Waals surface area contributed by atoms with Gasteiger partial charge in [0.25, 0.3) is 0 Å². The van der Waals surface area contributed by atoms with Crippen LogP contribution < -0.4 is 45.2 Å².